The average molecular weight is 351 g/mol. The number of nitrogens with one attached hydrogen (secondary N) is 1. The molecule has 1 aromatic heterocycles. The van der Waals surface area contributed by atoms with Crippen molar-refractivity contribution >= 4 is 0 Å². The van der Waals surface area contributed by atoms with Gasteiger partial charge < -0.3 is 10.2 Å². The molecule has 4 rings (SSSR count). The molecule has 3 heterocycles. The Balaban J connectivity index is 1.68. The fourth-order valence-electron chi connectivity index (χ4n) is 4.17. The molecule has 1 aromatic carbocycles. The summed E-state index contributed by atoms with van der Waals surface area (Å²) in [6, 6.07) is 11.2. The Morgan fingerprint density at radius 2 is 1.69 bits per heavy atom. The lowest BCUT2D eigenvalue weighted by Gasteiger charge is -2.39. The molecule has 2 aliphatic rings. The summed E-state index contributed by atoms with van der Waals surface area (Å²) in [6.07, 6.45) is 8.40. The first-order chi connectivity index (χ1) is 12.5. The zero-order chi connectivity index (χ0) is 18.1. The second kappa shape index (κ2) is 6.84. The smallest absolute Gasteiger partial charge is 0.123 e. The van der Waals surface area contributed by atoms with E-state index in [9.17, 15) is 4.39 Å². The molecule has 1 N–H and O–H groups in total. The van der Waals surface area contributed by atoms with Gasteiger partial charge in [0.05, 0.1) is 6.04 Å². The number of halogens is 1. The van der Waals surface area contributed by atoms with Crippen LogP contribution in [0.4, 0.5) is 4.39 Å². The lowest BCUT2D eigenvalue weighted by molar-refractivity contribution is 0.164. The van der Waals surface area contributed by atoms with Crippen LogP contribution in [-0.2, 0) is 0 Å². The van der Waals surface area contributed by atoms with Crippen molar-refractivity contribution in [3.05, 3.63) is 77.5 Å². The highest BCUT2D eigenvalue weighted by molar-refractivity contribution is 5.38. The van der Waals surface area contributed by atoms with Gasteiger partial charge in [-0.15, -0.1) is 0 Å². The van der Waals surface area contributed by atoms with Gasteiger partial charge in [0.15, 0.2) is 0 Å². The minimum Gasteiger partial charge on any atom is -0.380 e. The Hall–Kier alpha value is -2.20. The van der Waals surface area contributed by atoms with Gasteiger partial charge in [0.1, 0.15) is 5.82 Å². The number of pyridine rings is 1. The predicted molar refractivity (Wildman–Crippen MR) is 102 cm³/mol. The molecule has 0 radical (unpaired) electrons. The van der Waals surface area contributed by atoms with Crippen LogP contribution >= 0.6 is 0 Å². The summed E-state index contributed by atoms with van der Waals surface area (Å²) in [5.74, 6) is 0.0395. The Morgan fingerprint density at radius 3 is 2.35 bits per heavy atom. The molecule has 1 saturated heterocycles. The summed E-state index contributed by atoms with van der Waals surface area (Å²) in [5.41, 5.74) is 3.87. The van der Waals surface area contributed by atoms with Crippen molar-refractivity contribution in [2.24, 2.45) is 5.41 Å². The van der Waals surface area contributed by atoms with Gasteiger partial charge >= 0.3 is 0 Å². The van der Waals surface area contributed by atoms with Crippen LogP contribution in [0.25, 0.3) is 0 Å². The van der Waals surface area contributed by atoms with Crippen LogP contribution in [0.15, 0.2) is 60.6 Å². The number of nitrogens with zero attached hydrogens (tertiary/aromatic N) is 2. The van der Waals surface area contributed by atoms with E-state index in [1.165, 1.54) is 11.3 Å². The zero-order valence-electron chi connectivity index (χ0n) is 15.5. The Kier molecular flexibility index (Phi) is 4.53. The van der Waals surface area contributed by atoms with Gasteiger partial charge in [-0.3, -0.25) is 4.98 Å². The maximum atomic E-state index is 13.4. The average Bonchev–Trinajstić information content (AvgIpc) is 3.12. The van der Waals surface area contributed by atoms with Gasteiger partial charge in [0.25, 0.3) is 0 Å². The van der Waals surface area contributed by atoms with Crippen LogP contribution in [-0.4, -0.2) is 30.0 Å². The fraction of sp³-hybridized carbons (Fsp3) is 0.409. The molecule has 0 spiro atoms. The molecule has 1 fully saturated rings. The van der Waals surface area contributed by atoms with Crippen LogP contribution in [0.5, 0.6) is 0 Å². The molecule has 4 heteroatoms. The van der Waals surface area contributed by atoms with Crippen molar-refractivity contribution in [2.75, 3.05) is 20.1 Å². The molecule has 2 aromatic rings. The van der Waals surface area contributed by atoms with E-state index < -0.39 is 0 Å². The van der Waals surface area contributed by atoms with Crippen molar-refractivity contribution in [1.29, 1.82) is 0 Å². The van der Waals surface area contributed by atoms with E-state index in [4.69, 9.17) is 0 Å². The number of aromatic nitrogens is 1. The molecule has 3 nitrogen and oxygen atoms in total. The number of hydrogen-bond acceptors (Lipinski definition) is 3. The van der Waals surface area contributed by atoms with Crippen molar-refractivity contribution in [1.82, 2.24) is 15.2 Å². The third-order valence-electron chi connectivity index (χ3n) is 6.08. The Morgan fingerprint density at radius 1 is 1.04 bits per heavy atom. The lowest BCUT2D eigenvalue weighted by atomic mass is 9.77. The fourth-order valence-corrected chi connectivity index (χ4v) is 4.17. The molecular weight excluding hydrogens is 325 g/mol. The summed E-state index contributed by atoms with van der Waals surface area (Å²) in [4.78, 5) is 6.56. The van der Waals surface area contributed by atoms with Crippen LogP contribution in [0.1, 0.15) is 42.9 Å². The number of likely N-dealkylation sites (tertiary alicyclic amines) is 1. The molecule has 0 bridgehead atoms. The highest BCUT2D eigenvalue weighted by Crippen LogP contribution is 2.46. The highest BCUT2D eigenvalue weighted by atomic mass is 19.1. The number of piperidine rings is 1. The van der Waals surface area contributed by atoms with E-state index in [-0.39, 0.29) is 23.2 Å². The molecule has 0 aliphatic carbocycles. The predicted octanol–water partition coefficient (Wildman–Crippen LogP) is 4.26. The normalized spacial score (nSPS) is 25.6. The first-order valence-corrected chi connectivity index (χ1v) is 9.38. The maximum absolute atomic E-state index is 13.4. The van der Waals surface area contributed by atoms with Crippen molar-refractivity contribution in [3.63, 3.8) is 0 Å². The second-order valence-electron chi connectivity index (χ2n) is 7.92. The lowest BCUT2D eigenvalue weighted by Crippen LogP contribution is -2.40. The second-order valence-corrected chi connectivity index (χ2v) is 7.92. The summed E-state index contributed by atoms with van der Waals surface area (Å²) < 4.78 is 13.4. The van der Waals surface area contributed by atoms with E-state index in [2.05, 4.69) is 47.4 Å². The summed E-state index contributed by atoms with van der Waals surface area (Å²) >= 11 is 0. The monoisotopic (exact) mass is 351 g/mol. The highest BCUT2D eigenvalue weighted by Gasteiger charge is 2.39. The van der Waals surface area contributed by atoms with Crippen LogP contribution in [0, 0.1) is 11.2 Å². The standard InChI is InChI=1S/C22H26FN3/c1-22(9-13-26(2)14-10-22)20-15-19(16-7-11-24-12-8-16)21(25-20)17-3-5-18(23)6-4-17/h3-8,11-12,15,19,21,25H,9-10,13-14H2,1-2H3. The van der Waals surface area contributed by atoms with E-state index in [0.717, 1.165) is 31.5 Å². The Labute approximate surface area is 154 Å². The summed E-state index contributed by atoms with van der Waals surface area (Å²) in [6.45, 7) is 4.61. The van der Waals surface area contributed by atoms with Crippen molar-refractivity contribution < 1.29 is 4.39 Å². The SMILES string of the molecule is CN1CCC(C)(C2=CC(c3ccncc3)C(c3ccc(F)cc3)N2)CC1. The van der Waals surface area contributed by atoms with Crippen molar-refractivity contribution in [2.45, 2.75) is 31.7 Å². The summed E-state index contributed by atoms with van der Waals surface area (Å²) in [7, 11) is 2.19. The molecule has 2 unspecified atom stereocenters. The molecule has 26 heavy (non-hydrogen) atoms. The van der Waals surface area contributed by atoms with Crippen LogP contribution in [0.3, 0.4) is 0 Å². The largest absolute Gasteiger partial charge is 0.380 e. The third-order valence-corrected chi connectivity index (χ3v) is 6.08. The molecular formula is C22H26FN3. The zero-order valence-corrected chi connectivity index (χ0v) is 15.5. The molecule has 0 amide bonds. The first-order valence-electron chi connectivity index (χ1n) is 9.38. The minimum atomic E-state index is -0.192. The van der Waals surface area contributed by atoms with E-state index in [0.29, 0.717) is 0 Å². The van der Waals surface area contributed by atoms with Crippen LogP contribution < -0.4 is 5.32 Å². The first kappa shape index (κ1) is 17.2. The number of allylic oxidation sites excluding steroid dienone is 1. The quantitative estimate of drug-likeness (QED) is 0.895. The van der Waals surface area contributed by atoms with Gasteiger partial charge in [0.2, 0.25) is 0 Å². The summed E-state index contributed by atoms with van der Waals surface area (Å²) in [5, 5.41) is 3.80. The van der Waals surface area contributed by atoms with Gasteiger partial charge in [-0.05, 0) is 68.4 Å². The van der Waals surface area contributed by atoms with Crippen molar-refractivity contribution in [3.8, 4) is 0 Å². The number of benzene rings is 1. The molecule has 2 aliphatic heterocycles. The van der Waals surface area contributed by atoms with E-state index >= 15 is 0 Å². The van der Waals surface area contributed by atoms with E-state index in [1.807, 2.05) is 24.5 Å². The number of rotatable bonds is 3. The topological polar surface area (TPSA) is 28.2 Å². The van der Waals surface area contributed by atoms with Gasteiger partial charge in [-0.2, -0.15) is 0 Å². The molecule has 0 saturated carbocycles. The molecule has 136 valence electrons. The van der Waals surface area contributed by atoms with Gasteiger partial charge in [-0.25, -0.2) is 4.39 Å². The van der Waals surface area contributed by atoms with E-state index in [1.54, 1.807) is 12.1 Å². The number of hydrogen-bond donors (Lipinski definition) is 1. The minimum absolute atomic E-state index is 0.129. The van der Waals surface area contributed by atoms with Gasteiger partial charge in [-0.1, -0.05) is 25.1 Å². The molecule has 2 atom stereocenters. The van der Waals surface area contributed by atoms with Crippen LogP contribution in [0.2, 0.25) is 0 Å². The van der Waals surface area contributed by atoms with Gasteiger partial charge in [0, 0.05) is 29.4 Å². The third kappa shape index (κ3) is 3.26. The maximum Gasteiger partial charge on any atom is 0.123 e. The Bertz CT molecular complexity index is 777.